The van der Waals surface area contributed by atoms with E-state index < -0.39 is 0 Å². The molecular weight excluding hydrogens is 474 g/mol. The van der Waals surface area contributed by atoms with Gasteiger partial charge in [-0.05, 0) is 68.4 Å². The molecule has 3 heterocycles. The number of hydrogen-bond acceptors (Lipinski definition) is 7. The van der Waals surface area contributed by atoms with Crippen LogP contribution in [0.3, 0.4) is 0 Å². The maximum absolute atomic E-state index is 6.41. The minimum atomic E-state index is 0.463. The molecule has 1 aliphatic heterocycles. The number of hydrogen-bond donors (Lipinski definition) is 1. The highest BCUT2D eigenvalue weighted by molar-refractivity contribution is 5.79. The van der Waals surface area contributed by atoms with Crippen LogP contribution in [0.1, 0.15) is 11.1 Å². The number of benzene rings is 3. The molecule has 1 aliphatic rings. The first-order valence-electron chi connectivity index (χ1n) is 12.9. The minimum Gasteiger partial charge on any atom is -0.425 e. The normalized spacial score (nSPS) is 14.1. The van der Waals surface area contributed by atoms with Gasteiger partial charge in [-0.3, -0.25) is 0 Å². The molecule has 6 rings (SSSR count). The lowest BCUT2D eigenvalue weighted by Crippen LogP contribution is -2.44. The van der Waals surface area contributed by atoms with Gasteiger partial charge < -0.3 is 19.9 Å². The summed E-state index contributed by atoms with van der Waals surface area (Å²) in [5.74, 6) is 1.98. The Hall–Kier alpha value is -4.43. The van der Waals surface area contributed by atoms with Gasteiger partial charge in [0.15, 0.2) is 0 Å². The van der Waals surface area contributed by atoms with E-state index in [1.54, 1.807) is 6.20 Å². The van der Waals surface area contributed by atoms with Crippen molar-refractivity contribution in [2.75, 3.05) is 43.4 Å². The van der Waals surface area contributed by atoms with Crippen LogP contribution in [0.5, 0.6) is 11.8 Å². The third-order valence-electron chi connectivity index (χ3n) is 6.99. The van der Waals surface area contributed by atoms with Crippen LogP contribution in [0.4, 0.5) is 17.3 Å². The number of anilines is 3. The summed E-state index contributed by atoms with van der Waals surface area (Å²) >= 11 is 0. The van der Waals surface area contributed by atoms with Crippen molar-refractivity contribution in [2.45, 2.75) is 13.8 Å². The molecule has 0 amide bonds. The number of aryl methyl sites for hydroxylation is 2. The van der Waals surface area contributed by atoms with E-state index in [-0.39, 0.29) is 0 Å². The molecule has 8 nitrogen and oxygen atoms in total. The second kappa shape index (κ2) is 10.1. The summed E-state index contributed by atoms with van der Waals surface area (Å²) in [5.41, 5.74) is 6.01. The molecule has 8 heteroatoms. The zero-order chi connectivity index (χ0) is 26.1. The fraction of sp³-hybridized carbons (Fsp3) is 0.233. The van der Waals surface area contributed by atoms with E-state index in [2.05, 4.69) is 51.4 Å². The molecule has 1 N–H and O–H groups in total. The number of piperazine rings is 1. The molecule has 3 aromatic carbocycles. The smallest absolute Gasteiger partial charge is 0.308 e. The zero-order valence-corrected chi connectivity index (χ0v) is 21.9. The highest BCUT2D eigenvalue weighted by Gasteiger charge is 2.18. The predicted octanol–water partition coefficient (Wildman–Crippen LogP) is 5.72. The van der Waals surface area contributed by atoms with Gasteiger partial charge in [-0.1, -0.05) is 30.3 Å². The van der Waals surface area contributed by atoms with Crippen molar-refractivity contribution in [3.05, 3.63) is 90.1 Å². The molecule has 0 bridgehead atoms. The first-order chi connectivity index (χ1) is 18.5. The van der Waals surface area contributed by atoms with Crippen LogP contribution in [-0.4, -0.2) is 57.6 Å². The van der Waals surface area contributed by atoms with Crippen LogP contribution in [0.2, 0.25) is 0 Å². The molecular formula is C30H31N7O. The summed E-state index contributed by atoms with van der Waals surface area (Å²) in [5, 5.41) is 3.36. The van der Waals surface area contributed by atoms with Crippen molar-refractivity contribution in [1.29, 1.82) is 0 Å². The number of fused-ring (bicyclic) bond motifs is 1. The number of rotatable bonds is 6. The van der Waals surface area contributed by atoms with Gasteiger partial charge in [0.05, 0.1) is 11.0 Å². The number of likely N-dealkylation sites (N-methyl/N-ethyl adjacent to an activating group) is 1. The number of imidazole rings is 1. The van der Waals surface area contributed by atoms with Crippen molar-refractivity contribution < 1.29 is 4.74 Å². The quantitative estimate of drug-likeness (QED) is 0.316. The van der Waals surface area contributed by atoms with Crippen LogP contribution in [0, 0.1) is 13.8 Å². The van der Waals surface area contributed by atoms with Crippen molar-refractivity contribution >= 4 is 28.4 Å². The van der Waals surface area contributed by atoms with E-state index in [1.165, 1.54) is 5.69 Å². The topological polar surface area (TPSA) is 71.3 Å². The summed E-state index contributed by atoms with van der Waals surface area (Å²) in [6.07, 6.45) is 1.75. The molecule has 0 saturated carbocycles. The highest BCUT2D eigenvalue weighted by Crippen LogP contribution is 2.32. The molecule has 5 aromatic rings. The molecule has 0 unspecified atom stereocenters. The average Bonchev–Trinajstić information content (AvgIpc) is 3.30. The lowest BCUT2D eigenvalue weighted by molar-refractivity contribution is 0.313. The number of aromatic nitrogens is 4. The van der Waals surface area contributed by atoms with Crippen LogP contribution in [-0.2, 0) is 0 Å². The first kappa shape index (κ1) is 23.9. The average molecular weight is 506 g/mol. The number of nitrogens with one attached hydrogen (secondary N) is 1. The lowest BCUT2D eigenvalue weighted by atomic mass is 10.1. The van der Waals surface area contributed by atoms with Crippen molar-refractivity contribution in [3.8, 4) is 17.6 Å². The Balaban J connectivity index is 1.30. The third-order valence-corrected chi connectivity index (χ3v) is 6.99. The van der Waals surface area contributed by atoms with E-state index >= 15 is 0 Å². The fourth-order valence-corrected chi connectivity index (χ4v) is 4.83. The van der Waals surface area contributed by atoms with Gasteiger partial charge in [-0.2, -0.15) is 9.97 Å². The van der Waals surface area contributed by atoms with Gasteiger partial charge >= 0.3 is 6.01 Å². The molecule has 192 valence electrons. The summed E-state index contributed by atoms with van der Waals surface area (Å²) in [7, 11) is 2.17. The van der Waals surface area contributed by atoms with Gasteiger partial charge in [0, 0.05) is 49.8 Å². The number of ether oxygens (including phenoxy) is 1. The molecule has 2 aromatic heterocycles. The van der Waals surface area contributed by atoms with Crippen LogP contribution >= 0.6 is 0 Å². The SMILES string of the molecule is Cc1cccc(C)c1Oc1nc2ccccc2n1-c1ccnc(Nc2ccc(N3CCN(C)CC3)cc2)n1. The summed E-state index contributed by atoms with van der Waals surface area (Å²) in [6.45, 7) is 8.32. The zero-order valence-electron chi connectivity index (χ0n) is 21.9. The van der Waals surface area contributed by atoms with E-state index in [4.69, 9.17) is 14.7 Å². The standard InChI is InChI=1S/C30H31N7O/c1-21-7-6-8-22(2)28(21)38-30-33-25-9-4-5-10-26(25)37(30)27-15-16-31-29(34-27)32-23-11-13-24(14-12-23)36-19-17-35(3)18-20-36/h4-16H,17-20H2,1-3H3,(H,31,32,34). The molecule has 38 heavy (non-hydrogen) atoms. The van der Waals surface area contributed by atoms with Gasteiger partial charge in [0.25, 0.3) is 0 Å². The Kier molecular flexibility index (Phi) is 6.39. The number of para-hydroxylation sites is 3. The summed E-state index contributed by atoms with van der Waals surface area (Å²) in [6, 6.07) is 24.9. The number of nitrogens with zero attached hydrogens (tertiary/aromatic N) is 6. The van der Waals surface area contributed by atoms with Crippen LogP contribution in [0.25, 0.3) is 16.9 Å². The molecule has 0 spiro atoms. The Morgan fingerprint density at radius 1 is 0.789 bits per heavy atom. The summed E-state index contributed by atoms with van der Waals surface area (Å²) in [4.78, 5) is 18.9. The maximum Gasteiger partial charge on any atom is 0.308 e. The maximum atomic E-state index is 6.41. The Bertz CT molecular complexity index is 1550. The molecule has 0 atom stereocenters. The van der Waals surface area contributed by atoms with Gasteiger partial charge in [0.1, 0.15) is 11.6 Å². The van der Waals surface area contributed by atoms with Gasteiger partial charge in [-0.15, -0.1) is 0 Å². The minimum absolute atomic E-state index is 0.463. The van der Waals surface area contributed by atoms with E-state index in [9.17, 15) is 0 Å². The molecule has 0 radical (unpaired) electrons. The largest absolute Gasteiger partial charge is 0.425 e. The van der Waals surface area contributed by atoms with Crippen molar-refractivity contribution in [3.63, 3.8) is 0 Å². The monoisotopic (exact) mass is 505 g/mol. The predicted molar refractivity (Wildman–Crippen MR) is 152 cm³/mol. The van der Waals surface area contributed by atoms with Gasteiger partial charge in [0.2, 0.25) is 5.95 Å². The van der Waals surface area contributed by atoms with Gasteiger partial charge in [-0.25, -0.2) is 9.55 Å². The third kappa shape index (κ3) is 4.78. The van der Waals surface area contributed by atoms with E-state index in [1.807, 2.05) is 66.9 Å². The van der Waals surface area contributed by atoms with Crippen LogP contribution < -0.4 is 15.0 Å². The molecule has 1 saturated heterocycles. The second-order valence-corrected chi connectivity index (χ2v) is 9.74. The van der Waals surface area contributed by atoms with Crippen molar-refractivity contribution in [1.82, 2.24) is 24.4 Å². The summed E-state index contributed by atoms with van der Waals surface area (Å²) < 4.78 is 8.34. The fourth-order valence-electron chi connectivity index (χ4n) is 4.83. The highest BCUT2D eigenvalue weighted by atomic mass is 16.5. The Morgan fingerprint density at radius 2 is 1.53 bits per heavy atom. The Labute approximate surface area is 222 Å². The van der Waals surface area contributed by atoms with E-state index in [0.717, 1.165) is 59.8 Å². The van der Waals surface area contributed by atoms with Crippen LogP contribution in [0.15, 0.2) is 79.0 Å². The van der Waals surface area contributed by atoms with Crippen molar-refractivity contribution in [2.24, 2.45) is 0 Å². The first-order valence-corrected chi connectivity index (χ1v) is 12.9. The molecule has 0 aliphatic carbocycles. The second-order valence-electron chi connectivity index (χ2n) is 9.74. The van der Waals surface area contributed by atoms with E-state index in [0.29, 0.717) is 17.8 Å². The molecule has 1 fully saturated rings. The lowest BCUT2D eigenvalue weighted by Gasteiger charge is -2.34. The Morgan fingerprint density at radius 3 is 2.29 bits per heavy atom.